The van der Waals surface area contributed by atoms with Crippen LogP contribution in [0.5, 0.6) is 5.75 Å². The number of nitrogens with one attached hydrogen (secondary N) is 1. The van der Waals surface area contributed by atoms with E-state index in [2.05, 4.69) is 4.72 Å². The topological polar surface area (TPSA) is 38.3 Å². The molecule has 1 aromatic rings. The molecule has 1 aliphatic rings. The Kier molecular flexibility index (Phi) is 5.61. The second kappa shape index (κ2) is 7.09. The minimum absolute atomic E-state index is 0.0797. The Morgan fingerprint density at radius 3 is 2.64 bits per heavy atom. The molecule has 1 aromatic carbocycles. The summed E-state index contributed by atoms with van der Waals surface area (Å²) in [7, 11) is -1.17. The van der Waals surface area contributed by atoms with Crippen molar-refractivity contribution in [3.8, 4) is 5.75 Å². The molecule has 0 amide bonds. The van der Waals surface area contributed by atoms with E-state index in [1.165, 1.54) is 18.9 Å². The molecule has 0 spiro atoms. The van der Waals surface area contributed by atoms with Gasteiger partial charge in [0, 0.05) is 6.04 Å². The lowest BCUT2D eigenvalue weighted by Crippen LogP contribution is -2.35. The van der Waals surface area contributed by atoms with Gasteiger partial charge in [0.25, 0.3) is 0 Å². The van der Waals surface area contributed by atoms with Gasteiger partial charge in [-0.2, -0.15) is 0 Å². The lowest BCUT2D eigenvalue weighted by Gasteiger charge is -2.24. The number of halogens is 1. The fourth-order valence-corrected chi connectivity index (χ4v) is 2.95. The number of ether oxygens (including phenoxy) is 1. The van der Waals surface area contributed by atoms with Crippen LogP contribution in [-0.4, -0.2) is 15.6 Å². The molecule has 124 valence electrons. The maximum absolute atomic E-state index is 13.9. The standard InChI is InChI=1S/C17H26FNO2S/c1-5-15(19-22(20)17(2,3)4)13-8-9-14(18)16(10-13)21-11-12-6-7-12/h8-10,12,15,19H,5-7,11H2,1-4H3/t15-,22?/m1/s1. The van der Waals surface area contributed by atoms with Gasteiger partial charge >= 0.3 is 0 Å². The summed E-state index contributed by atoms with van der Waals surface area (Å²) in [6.45, 7) is 8.39. The zero-order valence-electron chi connectivity index (χ0n) is 13.8. The van der Waals surface area contributed by atoms with Crippen LogP contribution >= 0.6 is 0 Å². The van der Waals surface area contributed by atoms with Crippen LogP contribution in [0.3, 0.4) is 0 Å². The number of benzene rings is 1. The fourth-order valence-electron chi connectivity index (χ4n) is 2.03. The van der Waals surface area contributed by atoms with Crippen LogP contribution in [0.1, 0.15) is 58.6 Å². The third kappa shape index (κ3) is 4.78. The SMILES string of the molecule is CC[C@@H](NS(=O)C(C)(C)C)c1ccc(F)c(OCC2CC2)c1. The van der Waals surface area contributed by atoms with E-state index >= 15 is 0 Å². The zero-order chi connectivity index (χ0) is 16.3. The Balaban J connectivity index is 2.10. The van der Waals surface area contributed by atoms with Crippen LogP contribution in [0.4, 0.5) is 4.39 Å². The summed E-state index contributed by atoms with van der Waals surface area (Å²) in [5.41, 5.74) is 0.910. The minimum Gasteiger partial charge on any atom is -0.490 e. The summed E-state index contributed by atoms with van der Waals surface area (Å²) < 4.78 is 34.5. The van der Waals surface area contributed by atoms with Crippen LogP contribution in [0.25, 0.3) is 0 Å². The van der Waals surface area contributed by atoms with Crippen LogP contribution < -0.4 is 9.46 Å². The van der Waals surface area contributed by atoms with E-state index in [4.69, 9.17) is 4.74 Å². The smallest absolute Gasteiger partial charge is 0.165 e. The van der Waals surface area contributed by atoms with Crippen LogP contribution in [0.15, 0.2) is 18.2 Å². The Bertz CT molecular complexity index is 538. The van der Waals surface area contributed by atoms with Crippen molar-refractivity contribution in [2.75, 3.05) is 6.61 Å². The van der Waals surface area contributed by atoms with E-state index in [0.717, 1.165) is 12.0 Å². The summed E-state index contributed by atoms with van der Waals surface area (Å²) in [6, 6.07) is 4.82. The average Bonchev–Trinajstić information content (AvgIpc) is 3.27. The largest absolute Gasteiger partial charge is 0.490 e. The van der Waals surface area contributed by atoms with Crippen molar-refractivity contribution >= 4 is 11.0 Å². The molecule has 0 radical (unpaired) electrons. The van der Waals surface area contributed by atoms with Crippen LogP contribution in [-0.2, 0) is 11.0 Å². The molecule has 1 unspecified atom stereocenters. The fraction of sp³-hybridized carbons (Fsp3) is 0.647. The van der Waals surface area contributed by atoms with E-state index in [0.29, 0.717) is 18.3 Å². The van der Waals surface area contributed by atoms with Crippen molar-refractivity contribution in [1.82, 2.24) is 4.72 Å². The molecule has 1 saturated carbocycles. The Labute approximate surface area is 135 Å². The van der Waals surface area contributed by atoms with Crippen molar-refractivity contribution in [2.45, 2.75) is 57.7 Å². The molecule has 1 fully saturated rings. The second-order valence-electron chi connectivity index (χ2n) is 6.90. The predicted molar refractivity (Wildman–Crippen MR) is 88.7 cm³/mol. The van der Waals surface area contributed by atoms with E-state index in [-0.39, 0.29) is 16.6 Å². The maximum Gasteiger partial charge on any atom is 0.165 e. The van der Waals surface area contributed by atoms with Crippen LogP contribution in [0.2, 0.25) is 0 Å². The molecular weight excluding hydrogens is 301 g/mol. The molecule has 1 N–H and O–H groups in total. The highest BCUT2D eigenvalue weighted by molar-refractivity contribution is 7.84. The summed E-state index contributed by atoms with van der Waals surface area (Å²) >= 11 is 0. The molecule has 1 aliphatic carbocycles. The lowest BCUT2D eigenvalue weighted by atomic mass is 10.1. The molecule has 0 aromatic heterocycles. The lowest BCUT2D eigenvalue weighted by molar-refractivity contribution is 0.284. The van der Waals surface area contributed by atoms with E-state index in [1.54, 1.807) is 12.1 Å². The van der Waals surface area contributed by atoms with E-state index in [9.17, 15) is 8.60 Å². The Morgan fingerprint density at radius 2 is 2.09 bits per heavy atom. The highest BCUT2D eigenvalue weighted by atomic mass is 32.2. The Morgan fingerprint density at radius 1 is 1.41 bits per heavy atom. The Hall–Kier alpha value is -0.940. The third-order valence-electron chi connectivity index (χ3n) is 3.74. The van der Waals surface area contributed by atoms with Gasteiger partial charge < -0.3 is 4.74 Å². The normalized spacial score (nSPS) is 18.0. The van der Waals surface area contributed by atoms with Crippen molar-refractivity contribution < 1.29 is 13.3 Å². The molecule has 0 saturated heterocycles. The summed E-state index contributed by atoms with van der Waals surface area (Å²) in [6.07, 6.45) is 3.12. The van der Waals surface area contributed by atoms with Gasteiger partial charge in [-0.3, -0.25) is 0 Å². The summed E-state index contributed by atoms with van der Waals surface area (Å²) in [5.74, 6) is 0.541. The quantitative estimate of drug-likeness (QED) is 0.818. The molecule has 3 nitrogen and oxygen atoms in total. The van der Waals surface area contributed by atoms with Gasteiger partial charge in [-0.1, -0.05) is 13.0 Å². The van der Waals surface area contributed by atoms with E-state index in [1.807, 2.05) is 27.7 Å². The third-order valence-corrected chi connectivity index (χ3v) is 5.35. The van der Waals surface area contributed by atoms with E-state index < -0.39 is 11.0 Å². The van der Waals surface area contributed by atoms with Crippen molar-refractivity contribution in [3.05, 3.63) is 29.6 Å². The first-order valence-electron chi connectivity index (χ1n) is 7.91. The predicted octanol–water partition coefficient (Wildman–Crippen LogP) is 4.12. The number of rotatable bonds is 7. The molecule has 22 heavy (non-hydrogen) atoms. The van der Waals surface area contributed by atoms with Gasteiger partial charge in [-0.05, 0) is 63.6 Å². The van der Waals surface area contributed by atoms with Crippen molar-refractivity contribution in [1.29, 1.82) is 0 Å². The van der Waals surface area contributed by atoms with Gasteiger partial charge in [0.15, 0.2) is 11.6 Å². The average molecular weight is 327 g/mol. The highest BCUT2D eigenvalue weighted by Gasteiger charge is 2.25. The molecule has 2 rings (SSSR count). The molecular formula is C17H26FNO2S. The monoisotopic (exact) mass is 327 g/mol. The number of hydrogen-bond donors (Lipinski definition) is 1. The molecule has 5 heteroatoms. The van der Waals surface area contributed by atoms with Gasteiger partial charge in [0.05, 0.1) is 22.3 Å². The summed E-state index contributed by atoms with van der Waals surface area (Å²) in [4.78, 5) is 0. The first-order valence-corrected chi connectivity index (χ1v) is 9.06. The molecule has 2 atom stereocenters. The molecule has 0 bridgehead atoms. The second-order valence-corrected chi connectivity index (χ2v) is 8.90. The van der Waals surface area contributed by atoms with Crippen LogP contribution in [0, 0.1) is 11.7 Å². The number of hydrogen-bond acceptors (Lipinski definition) is 2. The first-order chi connectivity index (χ1) is 10.3. The van der Waals surface area contributed by atoms with Gasteiger partial charge in [-0.25, -0.2) is 13.3 Å². The van der Waals surface area contributed by atoms with Gasteiger partial charge in [-0.15, -0.1) is 0 Å². The van der Waals surface area contributed by atoms with Gasteiger partial charge in [0.1, 0.15) is 0 Å². The molecule has 0 heterocycles. The minimum atomic E-state index is -1.17. The van der Waals surface area contributed by atoms with Crippen molar-refractivity contribution in [3.63, 3.8) is 0 Å². The molecule has 0 aliphatic heterocycles. The maximum atomic E-state index is 13.9. The highest BCUT2D eigenvalue weighted by Crippen LogP contribution is 2.31. The first kappa shape index (κ1) is 17.4. The summed E-state index contributed by atoms with van der Waals surface area (Å²) in [5, 5.41) is 0. The van der Waals surface area contributed by atoms with Crippen molar-refractivity contribution in [2.24, 2.45) is 5.92 Å². The van der Waals surface area contributed by atoms with Gasteiger partial charge in [0.2, 0.25) is 0 Å². The zero-order valence-corrected chi connectivity index (χ0v) is 14.6.